The molecule has 4 heteroatoms. The fourth-order valence-corrected chi connectivity index (χ4v) is 3.09. The maximum absolute atomic E-state index is 12.3. The molecule has 2 N–H and O–H groups in total. The molecule has 0 radical (unpaired) electrons. The molecule has 4 nitrogen and oxygen atoms in total. The monoisotopic (exact) mass is 310 g/mol. The molecule has 3 rings (SSSR count). The number of methoxy groups -OCH3 is 1. The number of anilines is 1. The molecule has 1 aliphatic rings. The lowest BCUT2D eigenvalue weighted by Crippen LogP contribution is -2.41. The molecule has 0 fully saturated rings. The molecule has 2 aromatic rings. The van der Waals surface area contributed by atoms with Crippen molar-refractivity contribution in [2.75, 3.05) is 12.4 Å². The highest BCUT2D eigenvalue weighted by Gasteiger charge is 2.20. The summed E-state index contributed by atoms with van der Waals surface area (Å²) in [7, 11) is 1.65. The number of benzene rings is 2. The third-order valence-electron chi connectivity index (χ3n) is 4.25. The average Bonchev–Trinajstić information content (AvgIpc) is 2.57. The fourth-order valence-electron chi connectivity index (χ4n) is 3.09. The Bertz CT molecular complexity index is 685. The summed E-state index contributed by atoms with van der Waals surface area (Å²) < 4.78 is 5.17. The van der Waals surface area contributed by atoms with Gasteiger partial charge >= 0.3 is 6.03 Å². The topological polar surface area (TPSA) is 50.4 Å². The van der Waals surface area contributed by atoms with E-state index in [1.54, 1.807) is 7.11 Å². The van der Waals surface area contributed by atoms with Crippen molar-refractivity contribution in [3.8, 4) is 0 Å². The number of urea groups is 1. The van der Waals surface area contributed by atoms with Gasteiger partial charge in [-0.1, -0.05) is 42.5 Å². The zero-order valence-corrected chi connectivity index (χ0v) is 13.3. The van der Waals surface area contributed by atoms with Crippen LogP contribution >= 0.6 is 0 Å². The van der Waals surface area contributed by atoms with Crippen molar-refractivity contribution in [2.45, 2.75) is 31.9 Å². The van der Waals surface area contributed by atoms with Crippen molar-refractivity contribution >= 4 is 11.7 Å². The lowest BCUT2D eigenvalue weighted by Gasteiger charge is -2.25. The molecule has 1 aliphatic carbocycles. The predicted molar refractivity (Wildman–Crippen MR) is 91.6 cm³/mol. The van der Waals surface area contributed by atoms with E-state index in [-0.39, 0.29) is 12.1 Å². The minimum atomic E-state index is -0.155. The van der Waals surface area contributed by atoms with Crippen LogP contribution in [0.2, 0.25) is 0 Å². The van der Waals surface area contributed by atoms with E-state index in [0.717, 1.165) is 30.5 Å². The van der Waals surface area contributed by atoms with Gasteiger partial charge in [-0.3, -0.25) is 0 Å². The number of aryl methyl sites for hydroxylation is 1. The van der Waals surface area contributed by atoms with Crippen LogP contribution in [-0.2, 0) is 24.2 Å². The van der Waals surface area contributed by atoms with Gasteiger partial charge in [0.2, 0.25) is 0 Å². The van der Waals surface area contributed by atoms with E-state index >= 15 is 0 Å². The van der Waals surface area contributed by atoms with Gasteiger partial charge in [-0.2, -0.15) is 0 Å². The smallest absolute Gasteiger partial charge is 0.319 e. The van der Waals surface area contributed by atoms with Gasteiger partial charge in [-0.15, -0.1) is 0 Å². The number of fused-ring (bicyclic) bond motifs is 1. The molecule has 2 aromatic carbocycles. The van der Waals surface area contributed by atoms with Crippen molar-refractivity contribution in [1.82, 2.24) is 5.32 Å². The number of ether oxygens (including phenoxy) is 1. The molecule has 1 atom stereocenters. The molecule has 0 heterocycles. The lowest BCUT2D eigenvalue weighted by atomic mass is 9.88. The Morgan fingerprint density at radius 2 is 1.87 bits per heavy atom. The van der Waals surface area contributed by atoms with E-state index in [0.29, 0.717) is 6.61 Å². The van der Waals surface area contributed by atoms with Gasteiger partial charge in [0.15, 0.2) is 0 Å². The summed E-state index contributed by atoms with van der Waals surface area (Å²) in [6.07, 6.45) is 2.88. The summed E-state index contributed by atoms with van der Waals surface area (Å²) in [5.41, 5.74) is 4.50. The summed E-state index contributed by atoms with van der Waals surface area (Å²) >= 11 is 0. The Kier molecular flexibility index (Phi) is 4.93. The fraction of sp³-hybridized carbons (Fsp3) is 0.316. The number of nitrogens with one attached hydrogen (secondary N) is 2. The van der Waals surface area contributed by atoms with Crippen LogP contribution < -0.4 is 10.6 Å². The number of amides is 2. The van der Waals surface area contributed by atoms with Crippen molar-refractivity contribution < 1.29 is 9.53 Å². The first-order valence-electron chi connectivity index (χ1n) is 7.97. The molecule has 120 valence electrons. The third kappa shape index (κ3) is 3.90. The van der Waals surface area contributed by atoms with Gasteiger partial charge in [0.1, 0.15) is 0 Å². The van der Waals surface area contributed by atoms with Gasteiger partial charge in [0, 0.05) is 24.4 Å². The Morgan fingerprint density at radius 1 is 1.13 bits per heavy atom. The molecule has 23 heavy (non-hydrogen) atoms. The van der Waals surface area contributed by atoms with Crippen LogP contribution in [-0.4, -0.2) is 19.2 Å². The lowest BCUT2D eigenvalue weighted by molar-refractivity contribution is 0.185. The summed E-state index contributed by atoms with van der Waals surface area (Å²) in [4.78, 5) is 12.3. The zero-order chi connectivity index (χ0) is 16.1. The van der Waals surface area contributed by atoms with Gasteiger partial charge in [-0.05, 0) is 36.5 Å². The first kappa shape index (κ1) is 15.6. The van der Waals surface area contributed by atoms with Crippen molar-refractivity contribution in [3.63, 3.8) is 0 Å². The molecular weight excluding hydrogens is 288 g/mol. The van der Waals surface area contributed by atoms with Gasteiger partial charge in [0.05, 0.1) is 6.61 Å². The van der Waals surface area contributed by atoms with Crippen LogP contribution in [0.1, 0.15) is 23.1 Å². The summed E-state index contributed by atoms with van der Waals surface area (Å²) in [6.45, 7) is 0.479. The highest BCUT2D eigenvalue weighted by atomic mass is 16.5. The van der Waals surface area contributed by atoms with Gasteiger partial charge < -0.3 is 15.4 Å². The van der Waals surface area contributed by atoms with E-state index in [2.05, 4.69) is 34.9 Å². The number of hydrogen-bond donors (Lipinski definition) is 2. The van der Waals surface area contributed by atoms with Crippen LogP contribution in [0.3, 0.4) is 0 Å². The van der Waals surface area contributed by atoms with E-state index in [1.165, 1.54) is 11.1 Å². The third-order valence-corrected chi connectivity index (χ3v) is 4.25. The summed E-state index contributed by atoms with van der Waals surface area (Å²) in [5.74, 6) is 0. The normalized spacial score (nSPS) is 16.5. The molecule has 0 unspecified atom stereocenters. The van der Waals surface area contributed by atoms with E-state index < -0.39 is 0 Å². The molecule has 2 amide bonds. The van der Waals surface area contributed by atoms with Crippen LogP contribution in [0.15, 0.2) is 48.5 Å². The van der Waals surface area contributed by atoms with Crippen molar-refractivity contribution in [3.05, 3.63) is 65.2 Å². The van der Waals surface area contributed by atoms with Crippen LogP contribution in [0.4, 0.5) is 10.5 Å². The molecule has 0 spiro atoms. The maximum Gasteiger partial charge on any atom is 0.319 e. The number of carbonyl (C=O) groups excluding carboxylic acids is 1. The molecule has 0 saturated carbocycles. The highest BCUT2D eigenvalue weighted by Crippen LogP contribution is 2.21. The Balaban J connectivity index is 1.60. The van der Waals surface area contributed by atoms with Gasteiger partial charge in [0.25, 0.3) is 0 Å². The highest BCUT2D eigenvalue weighted by molar-refractivity contribution is 5.90. The molecular formula is C19H22N2O2. The second kappa shape index (κ2) is 7.29. The summed E-state index contributed by atoms with van der Waals surface area (Å²) in [6, 6.07) is 16.2. The van der Waals surface area contributed by atoms with Crippen molar-refractivity contribution in [1.29, 1.82) is 0 Å². The van der Waals surface area contributed by atoms with E-state index in [9.17, 15) is 4.79 Å². The second-order valence-corrected chi connectivity index (χ2v) is 5.90. The Morgan fingerprint density at radius 3 is 2.70 bits per heavy atom. The molecule has 0 aromatic heterocycles. The Labute approximate surface area is 136 Å². The van der Waals surface area contributed by atoms with Gasteiger partial charge in [-0.25, -0.2) is 4.79 Å². The quantitative estimate of drug-likeness (QED) is 0.908. The number of hydrogen-bond acceptors (Lipinski definition) is 2. The predicted octanol–water partition coefficient (Wildman–Crippen LogP) is 3.51. The van der Waals surface area contributed by atoms with Crippen molar-refractivity contribution in [2.24, 2.45) is 0 Å². The second-order valence-electron chi connectivity index (χ2n) is 5.90. The minimum Gasteiger partial charge on any atom is -0.380 e. The largest absolute Gasteiger partial charge is 0.380 e. The minimum absolute atomic E-state index is 0.155. The standard InChI is InChI=1S/C19H22N2O2/c1-23-13-16-8-4-5-9-18(16)21-19(22)20-17-11-10-14-6-2-3-7-15(14)12-17/h2-9,17H,10-13H2,1H3,(H2,20,21,22)/t17-/m1/s1. The Hall–Kier alpha value is -2.33. The molecule has 0 bridgehead atoms. The van der Waals surface area contributed by atoms with Crippen LogP contribution in [0, 0.1) is 0 Å². The maximum atomic E-state index is 12.3. The number of para-hydroxylation sites is 1. The first-order chi connectivity index (χ1) is 11.3. The number of rotatable bonds is 4. The molecule has 0 aliphatic heterocycles. The SMILES string of the molecule is COCc1ccccc1NC(=O)N[C@@H]1CCc2ccccc2C1. The first-order valence-corrected chi connectivity index (χ1v) is 7.97. The van der Waals surface area contributed by atoms with Crippen LogP contribution in [0.25, 0.3) is 0 Å². The van der Waals surface area contributed by atoms with Crippen LogP contribution in [0.5, 0.6) is 0 Å². The average molecular weight is 310 g/mol. The summed E-state index contributed by atoms with van der Waals surface area (Å²) in [5, 5.41) is 6.02. The molecule has 0 saturated heterocycles. The van der Waals surface area contributed by atoms with E-state index in [1.807, 2.05) is 24.3 Å². The zero-order valence-electron chi connectivity index (χ0n) is 13.3. The van der Waals surface area contributed by atoms with E-state index in [4.69, 9.17) is 4.74 Å². The number of carbonyl (C=O) groups is 1.